The summed E-state index contributed by atoms with van der Waals surface area (Å²) in [5.41, 5.74) is 1.92. The second-order valence-corrected chi connectivity index (χ2v) is 7.06. The van der Waals surface area contributed by atoms with Gasteiger partial charge in [0.25, 0.3) is 5.91 Å². The molecule has 2 aromatic carbocycles. The minimum absolute atomic E-state index is 0.0752. The summed E-state index contributed by atoms with van der Waals surface area (Å²) in [6, 6.07) is 15.1. The van der Waals surface area contributed by atoms with Crippen molar-refractivity contribution in [2.45, 2.75) is 32.4 Å². The number of aryl methyl sites for hydroxylation is 1. The van der Waals surface area contributed by atoms with E-state index in [2.05, 4.69) is 11.4 Å². The summed E-state index contributed by atoms with van der Waals surface area (Å²) in [6.07, 6.45) is 3.81. The Kier molecular flexibility index (Phi) is 5.81. The van der Waals surface area contributed by atoms with E-state index in [-0.39, 0.29) is 18.8 Å². The van der Waals surface area contributed by atoms with Gasteiger partial charge in [-0.05, 0) is 66.4 Å². The largest absolute Gasteiger partial charge is 0.378 e. The van der Waals surface area contributed by atoms with Crippen LogP contribution in [0.4, 0.5) is 10.1 Å². The molecule has 0 radical (unpaired) electrons. The van der Waals surface area contributed by atoms with Crippen molar-refractivity contribution in [3.05, 3.63) is 77.9 Å². The third kappa shape index (κ3) is 4.53. The van der Waals surface area contributed by atoms with Gasteiger partial charge in [-0.25, -0.2) is 4.39 Å². The van der Waals surface area contributed by atoms with Gasteiger partial charge in [0.15, 0.2) is 5.60 Å². The zero-order valence-electron chi connectivity index (χ0n) is 16.3. The molecule has 0 aliphatic carbocycles. The molecule has 148 valence electrons. The second-order valence-electron chi connectivity index (χ2n) is 7.06. The highest BCUT2D eigenvalue weighted by molar-refractivity contribution is 5.97. The molecule has 1 aromatic heterocycles. The van der Waals surface area contributed by atoms with Gasteiger partial charge in [-0.1, -0.05) is 19.1 Å². The van der Waals surface area contributed by atoms with Gasteiger partial charge < -0.3 is 15.0 Å². The average molecular weight is 391 g/mol. The normalized spacial score (nSPS) is 12.8. The third-order valence-electron chi connectivity index (χ3n) is 4.98. The van der Waals surface area contributed by atoms with Crippen molar-refractivity contribution in [1.82, 2.24) is 4.57 Å². The molecular weight excluding hydrogens is 369 g/mol. The summed E-state index contributed by atoms with van der Waals surface area (Å²) in [7, 11) is 0. The van der Waals surface area contributed by atoms with Crippen LogP contribution >= 0.6 is 0 Å². The predicted molar refractivity (Wildman–Crippen MR) is 110 cm³/mol. The molecule has 5 nitrogen and oxygen atoms in total. The van der Waals surface area contributed by atoms with Crippen LogP contribution in [0.15, 0.2) is 60.9 Å². The monoisotopic (exact) mass is 391 g/mol. The van der Waals surface area contributed by atoms with Gasteiger partial charge in [0.05, 0.1) is 18.2 Å². The molecule has 6 heteroatoms. The number of hydrogen-bond donors (Lipinski definition) is 2. The topological polar surface area (TPSA) is 78.1 Å². The maximum Gasteiger partial charge on any atom is 0.258 e. The number of anilines is 1. The lowest BCUT2D eigenvalue weighted by molar-refractivity contribution is -0.135. The van der Waals surface area contributed by atoms with Crippen LogP contribution in [0.3, 0.4) is 0 Å². The van der Waals surface area contributed by atoms with E-state index in [1.165, 1.54) is 12.1 Å². The van der Waals surface area contributed by atoms with E-state index in [9.17, 15) is 14.3 Å². The molecule has 29 heavy (non-hydrogen) atoms. The maximum absolute atomic E-state index is 13.1. The average Bonchev–Trinajstić information content (AvgIpc) is 3.16. The molecule has 0 spiro atoms. The maximum atomic E-state index is 13.1. The molecule has 0 aliphatic rings. The summed E-state index contributed by atoms with van der Waals surface area (Å²) in [5, 5.41) is 22.7. The number of aliphatic hydroxyl groups is 1. The fraction of sp³-hybridized carbons (Fsp3) is 0.217. The van der Waals surface area contributed by atoms with Crippen LogP contribution in [0.5, 0.6) is 0 Å². The number of nitrogens with one attached hydrogen (secondary N) is 1. The molecule has 2 N–H and O–H groups in total. The smallest absolute Gasteiger partial charge is 0.258 e. The molecule has 0 saturated heterocycles. The number of aromatic nitrogens is 1. The van der Waals surface area contributed by atoms with Gasteiger partial charge in [0.1, 0.15) is 5.82 Å². The van der Waals surface area contributed by atoms with E-state index in [1.54, 1.807) is 54.9 Å². The zero-order chi connectivity index (χ0) is 21.0. The molecule has 1 amide bonds. The number of benzene rings is 2. The van der Waals surface area contributed by atoms with E-state index >= 15 is 0 Å². The van der Waals surface area contributed by atoms with Crippen molar-refractivity contribution in [3.63, 3.8) is 0 Å². The first-order valence-corrected chi connectivity index (χ1v) is 9.31. The van der Waals surface area contributed by atoms with Gasteiger partial charge in [-0.2, -0.15) is 5.26 Å². The molecule has 0 fully saturated rings. The standard InChI is InChI=1S/C23H22FN3O2/c1-3-23(29,22(28)26-21-9-6-18(13-25)16(2)12-21)15-27-11-10-19(14-27)17-4-7-20(24)8-5-17/h4-12,14,29H,3,15H2,1-2H3,(H,26,28)/t23-/m0/s1. The first kappa shape index (κ1) is 20.3. The summed E-state index contributed by atoms with van der Waals surface area (Å²) >= 11 is 0. The minimum atomic E-state index is -1.61. The number of carbonyl (C=O) groups excluding carboxylic acids is 1. The number of hydrogen-bond acceptors (Lipinski definition) is 3. The molecule has 3 rings (SSSR count). The molecule has 0 unspecified atom stereocenters. The first-order valence-electron chi connectivity index (χ1n) is 9.31. The van der Waals surface area contributed by atoms with Gasteiger partial charge in [-0.15, -0.1) is 0 Å². The summed E-state index contributed by atoms with van der Waals surface area (Å²) in [4.78, 5) is 12.8. The fourth-order valence-electron chi connectivity index (χ4n) is 3.11. The molecule has 0 bridgehead atoms. The van der Waals surface area contributed by atoms with Gasteiger partial charge in [0, 0.05) is 18.1 Å². The van der Waals surface area contributed by atoms with Crippen molar-refractivity contribution in [2.75, 3.05) is 5.32 Å². The van der Waals surface area contributed by atoms with E-state index < -0.39 is 11.5 Å². The fourth-order valence-corrected chi connectivity index (χ4v) is 3.11. The predicted octanol–water partition coefficient (Wildman–Crippen LogP) is 4.25. The van der Waals surface area contributed by atoms with Crippen LogP contribution in [0.25, 0.3) is 11.1 Å². The Bertz CT molecular complexity index is 1070. The van der Waals surface area contributed by atoms with E-state index in [0.717, 1.165) is 16.7 Å². The molecular formula is C23H22FN3O2. The third-order valence-corrected chi connectivity index (χ3v) is 4.98. The van der Waals surface area contributed by atoms with E-state index in [0.29, 0.717) is 11.3 Å². The van der Waals surface area contributed by atoms with Crippen LogP contribution in [0, 0.1) is 24.1 Å². The van der Waals surface area contributed by atoms with Crippen molar-refractivity contribution >= 4 is 11.6 Å². The van der Waals surface area contributed by atoms with Gasteiger partial charge in [0.2, 0.25) is 0 Å². The highest BCUT2D eigenvalue weighted by atomic mass is 19.1. The highest BCUT2D eigenvalue weighted by Crippen LogP contribution is 2.23. The lowest BCUT2D eigenvalue weighted by Gasteiger charge is -2.26. The van der Waals surface area contributed by atoms with Crippen molar-refractivity contribution in [1.29, 1.82) is 5.26 Å². The van der Waals surface area contributed by atoms with Crippen LogP contribution in [0.2, 0.25) is 0 Å². The molecule has 1 atom stereocenters. The number of amides is 1. The van der Waals surface area contributed by atoms with Crippen LogP contribution in [-0.2, 0) is 11.3 Å². The Morgan fingerprint density at radius 2 is 1.93 bits per heavy atom. The van der Waals surface area contributed by atoms with Crippen LogP contribution in [-0.4, -0.2) is 21.2 Å². The highest BCUT2D eigenvalue weighted by Gasteiger charge is 2.34. The van der Waals surface area contributed by atoms with E-state index in [1.807, 2.05) is 12.3 Å². The molecule has 1 heterocycles. The van der Waals surface area contributed by atoms with Crippen LogP contribution < -0.4 is 5.32 Å². The molecule has 0 aliphatic heterocycles. The van der Waals surface area contributed by atoms with Crippen molar-refractivity contribution in [3.8, 4) is 17.2 Å². The number of halogens is 1. The lowest BCUT2D eigenvalue weighted by Crippen LogP contribution is -2.45. The number of carbonyl (C=O) groups is 1. The Morgan fingerprint density at radius 1 is 1.21 bits per heavy atom. The Morgan fingerprint density at radius 3 is 2.55 bits per heavy atom. The second kappa shape index (κ2) is 8.29. The SMILES string of the molecule is CC[C@](O)(Cn1ccc(-c2ccc(F)cc2)c1)C(=O)Nc1ccc(C#N)c(C)c1. The Labute approximate surface area is 169 Å². The van der Waals surface area contributed by atoms with Gasteiger partial charge in [-0.3, -0.25) is 4.79 Å². The quantitative estimate of drug-likeness (QED) is 0.659. The molecule has 0 saturated carbocycles. The summed E-state index contributed by atoms with van der Waals surface area (Å²) in [6.45, 7) is 3.61. The summed E-state index contributed by atoms with van der Waals surface area (Å²) in [5.74, 6) is -0.815. The summed E-state index contributed by atoms with van der Waals surface area (Å²) < 4.78 is 14.9. The zero-order valence-corrected chi connectivity index (χ0v) is 16.3. The Balaban J connectivity index is 1.75. The lowest BCUT2D eigenvalue weighted by atomic mass is 9.99. The minimum Gasteiger partial charge on any atom is -0.378 e. The Hall–Kier alpha value is -3.43. The molecule has 3 aromatic rings. The van der Waals surface area contributed by atoms with Crippen molar-refractivity contribution < 1.29 is 14.3 Å². The van der Waals surface area contributed by atoms with E-state index in [4.69, 9.17) is 5.26 Å². The van der Waals surface area contributed by atoms with Crippen molar-refractivity contribution in [2.24, 2.45) is 0 Å². The van der Waals surface area contributed by atoms with Crippen LogP contribution in [0.1, 0.15) is 24.5 Å². The number of nitrogens with zero attached hydrogens (tertiary/aromatic N) is 2. The number of rotatable bonds is 6. The first-order chi connectivity index (χ1) is 13.8. The van der Waals surface area contributed by atoms with Gasteiger partial charge >= 0.3 is 0 Å². The number of nitriles is 1.